The molecule has 10 nitrogen and oxygen atoms in total. The van der Waals surface area contributed by atoms with Crippen LogP contribution in [0.5, 0.6) is 6.01 Å². The molecule has 0 radical (unpaired) electrons. The van der Waals surface area contributed by atoms with Crippen molar-refractivity contribution in [3.05, 3.63) is 5.28 Å². The molecule has 0 unspecified atom stereocenters. The van der Waals surface area contributed by atoms with Gasteiger partial charge < -0.3 is 35.6 Å². The third-order valence-electron chi connectivity index (χ3n) is 2.67. The van der Waals surface area contributed by atoms with Crippen LogP contribution < -0.4 is 10.5 Å². The predicted molar refractivity (Wildman–Crippen MR) is 63.6 cm³/mol. The highest BCUT2D eigenvalue weighted by atomic mass is 35.5. The van der Waals surface area contributed by atoms with Gasteiger partial charge in [0.25, 0.3) is 0 Å². The zero-order valence-electron chi connectivity index (χ0n) is 10.00. The van der Waals surface area contributed by atoms with Gasteiger partial charge in [0.05, 0.1) is 6.61 Å². The van der Waals surface area contributed by atoms with E-state index in [1.807, 2.05) is 0 Å². The van der Waals surface area contributed by atoms with E-state index in [2.05, 4.69) is 15.0 Å². The first-order chi connectivity index (χ1) is 9.42. The Balaban J connectivity index is 2.15. The van der Waals surface area contributed by atoms with Gasteiger partial charge in [0, 0.05) is 0 Å². The normalized spacial score (nSPS) is 34.0. The van der Waals surface area contributed by atoms with Crippen LogP contribution in [-0.2, 0) is 4.74 Å². The Bertz CT molecular complexity index is 458. The van der Waals surface area contributed by atoms with Crippen molar-refractivity contribution < 1.29 is 29.9 Å². The summed E-state index contributed by atoms with van der Waals surface area (Å²) in [5.74, 6) is -0.204. The van der Waals surface area contributed by atoms with Crippen molar-refractivity contribution in [2.24, 2.45) is 0 Å². The third kappa shape index (κ3) is 3.06. The fraction of sp³-hybridized carbons (Fsp3) is 0.667. The smallest absolute Gasteiger partial charge is 0.324 e. The van der Waals surface area contributed by atoms with Gasteiger partial charge in [0.15, 0.2) is 0 Å². The summed E-state index contributed by atoms with van der Waals surface area (Å²) in [6.07, 6.45) is -7.15. The van der Waals surface area contributed by atoms with Crippen LogP contribution in [0.1, 0.15) is 0 Å². The zero-order valence-corrected chi connectivity index (χ0v) is 10.8. The number of nitrogens with two attached hydrogens (primary N) is 1. The monoisotopic (exact) mass is 308 g/mol. The lowest BCUT2D eigenvalue weighted by Crippen LogP contribution is -2.60. The topological polar surface area (TPSA) is 164 Å². The Kier molecular flexibility index (Phi) is 4.52. The molecule has 1 aliphatic rings. The molecule has 0 aromatic carbocycles. The highest BCUT2D eigenvalue weighted by molar-refractivity contribution is 6.28. The number of hydrogen-bond acceptors (Lipinski definition) is 10. The molecule has 1 aliphatic heterocycles. The molecule has 1 aromatic rings. The van der Waals surface area contributed by atoms with E-state index in [0.717, 1.165) is 0 Å². The first kappa shape index (κ1) is 15.1. The van der Waals surface area contributed by atoms with Gasteiger partial charge in [-0.3, -0.25) is 0 Å². The maximum atomic E-state index is 9.74. The second-order valence-electron chi connectivity index (χ2n) is 4.06. The number of aliphatic hydroxyl groups is 4. The van der Waals surface area contributed by atoms with E-state index in [-0.39, 0.29) is 17.2 Å². The highest BCUT2D eigenvalue weighted by Crippen LogP contribution is 2.23. The van der Waals surface area contributed by atoms with Gasteiger partial charge in [-0.2, -0.15) is 15.0 Å². The van der Waals surface area contributed by atoms with Gasteiger partial charge in [-0.1, -0.05) is 0 Å². The minimum atomic E-state index is -1.58. The van der Waals surface area contributed by atoms with Crippen LogP contribution in [0.3, 0.4) is 0 Å². The average molecular weight is 309 g/mol. The van der Waals surface area contributed by atoms with Crippen molar-refractivity contribution in [3.63, 3.8) is 0 Å². The van der Waals surface area contributed by atoms with Crippen LogP contribution in [-0.4, -0.2) is 72.7 Å². The molecule has 1 fully saturated rings. The largest absolute Gasteiger partial charge is 0.430 e. The molecular weight excluding hydrogens is 296 g/mol. The molecule has 0 bridgehead atoms. The molecule has 0 aliphatic carbocycles. The number of ether oxygens (including phenoxy) is 2. The van der Waals surface area contributed by atoms with Crippen LogP contribution in [0.4, 0.5) is 5.95 Å². The van der Waals surface area contributed by atoms with Gasteiger partial charge >= 0.3 is 6.01 Å². The molecule has 5 atom stereocenters. The quantitative estimate of drug-likeness (QED) is 0.396. The average Bonchev–Trinajstić information content (AvgIpc) is 2.38. The van der Waals surface area contributed by atoms with Crippen molar-refractivity contribution in [3.8, 4) is 6.01 Å². The summed E-state index contributed by atoms with van der Waals surface area (Å²) in [5.41, 5.74) is 5.34. The number of anilines is 1. The van der Waals surface area contributed by atoms with E-state index in [9.17, 15) is 15.3 Å². The summed E-state index contributed by atoms with van der Waals surface area (Å²) in [7, 11) is 0. The molecule has 0 amide bonds. The first-order valence-corrected chi connectivity index (χ1v) is 5.94. The molecule has 1 aromatic heterocycles. The number of halogens is 1. The maximum Gasteiger partial charge on any atom is 0.324 e. The summed E-state index contributed by atoms with van der Waals surface area (Å²) in [5, 5.41) is 37.7. The maximum absolute atomic E-state index is 9.74. The number of aromatic nitrogens is 3. The van der Waals surface area contributed by atoms with Crippen LogP contribution in [0.2, 0.25) is 5.28 Å². The van der Waals surface area contributed by atoms with E-state index < -0.39 is 37.3 Å². The molecule has 0 spiro atoms. The molecule has 11 heteroatoms. The Labute approximate surface area is 117 Å². The van der Waals surface area contributed by atoms with E-state index in [1.165, 1.54) is 0 Å². The Morgan fingerprint density at radius 3 is 2.45 bits per heavy atom. The summed E-state index contributed by atoms with van der Waals surface area (Å²) < 4.78 is 10.2. The highest BCUT2D eigenvalue weighted by Gasteiger charge is 2.45. The molecule has 1 saturated heterocycles. The third-order valence-corrected chi connectivity index (χ3v) is 2.84. The van der Waals surface area contributed by atoms with E-state index in [4.69, 9.17) is 31.9 Å². The zero-order chi connectivity index (χ0) is 14.9. The molecular formula is C9H13ClN4O6. The van der Waals surface area contributed by atoms with Crippen LogP contribution in [0, 0.1) is 0 Å². The van der Waals surface area contributed by atoms with E-state index >= 15 is 0 Å². The molecule has 0 saturated carbocycles. The van der Waals surface area contributed by atoms with Gasteiger partial charge in [0.2, 0.25) is 17.5 Å². The summed E-state index contributed by atoms with van der Waals surface area (Å²) in [4.78, 5) is 10.7. The van der Waals surface area contributed by atoms with Crippen molar-refractivity contribution in [2.75, 3.05) is 12.3 Å². The second-order valence-corrected chi connectivity index (χ2v) is 4.40. The van der Waals surface area contributed by atoms with Crippen molar-refractivity contribution in [1.82, 2.24) is 15.0 Å². The van der Waals surface area contributed by atoms with Crippen molar-refractivity contribution >= 4 is 17.5 Å². The van der Waals surface area contributed by atoms with Gasteiger partial charge in [-0.05, 0) is 11.6 Å². The minimum Gasteiger partial charge on any atom is -0.430 e. The van der Waals surface area contributed by atoms with Crippen LogP contribution >= 0.6 is 11.6 Å². The SMILES string of the molecule is Nc1nc(Cl)nc(O[C@@H]2O[C@H](CO)[C@@H](O)[C@H](O)[C@H]2O)n1. The fourth-order valence-corrected chi connectivity index (χ4v) is 1.83. The van der Waals surface area contributed by atoms with Gasteiger partial charge in [-0.15, -0.1) is 0 Å². The van der Waals surface area contributed by atoms with Crippen molar-refractivity contribution in [2.45, 2.75) is 30.7 Å². The Hall–Kier alpha value is -1.30. The number of nitrogen functional groups attached to an aromatic ring is 1. The number of aliphatic hydroxyl groups excluding tert-OH is 4. The Morgan fingerprint density at radius 1 is 1.15 bits per heavy atom. The number of rotatable bonds is 3. The predicted octanol–water partition coefficient (Wildman–Crippen LogP) is -2.71. The summed E-state index contributed by atoms with van der Waals surface area (Å²) in [6, 6.07) is -0.327. The molecule has 6 N–H and O–H groups in total. The molecule has 20 heavy (non-hydrogen) atoms. The first-order valence-electron chi connectivity index (χ1n) is 5.56. The van der Waals surface area contributed by atoms with Gasteiger partial charge in [-0.25, -0.2) is 0 Å². The fourth-order valence-electron chi connectivity index (χ4n) is 1.67. The number of hydrogen-bond donors (Lipinski definition) is 5. The molecule has 2 rings (SSSR count). The van der Waals surface area contributed by atoms with Crippen molar-refractivity contribution in [1.29, 1.82) is 0 Å². The Morgan fingerprint density at radius 2 is 1.85 bits per heavy atom. The lowest BCUT2D eigenvalue weighted by molar-refractivity contribution is -0.278. The summed E-state index contributed by atoms with van der Waals surface area (Å²) in [6.45, 7) is -0.578. The molecule has 112 valence electrons. The van der Waals surface area contributed by atoms with Gasteiger partial charge in [0.1, 0.15) is 24.4 Å². The lowest BCUT2D eigenvalue weighted by Gasteiger charge is -2.39. The molecule has 2 heterocycles. The minimum absolute atomic E-state index is 0.204. The van der Waals surface area contributed by atoms with E-state index in [1.54, 1.807) is 0 Å². The van der Waals surface area contributed by atoms with Crippen LogP contribution in [0.15, 0.2) is 0 Å². The lowest BCUT2D eigenvalue weighted by atomic mass is 9.99. The summed E-state index contributed by atoms with van der Waals surface area (Å²) >= 11 is 5.56. The van der Waals surface area contributed by atoms with E-state index in [0.29, 0.717) is 0 Å². The van der Waals surface area contributed by atoms with Crippen LogP contribution in [0.25, 0.3) is 0 Å². The standard InChI is InChI=1S/C9H13ClN4O6/c10-7-12-8(11)14-9(13-7)20-6-5(18)4(17)3(16)2(1-15)19-6/h2-6,15-18H,1H2,(H2,11,12,13,14)/t2-,3-,4+,5-,6+/m1/s1. The number of nitrogens with zero attached hydrogens (tertiary/aromatic N) is 3. The second kappa shape index (κ2) is 5.99.